The number of fused-ring (bicyclic) bond motifs is 1. The number of nitrogens with one attached hydrogen (secondary N) is 1. The van der Waals surface area contributed by atoms with Crippen LogP contribution in [0.4, 0.5) is 0 Å². The maximum absolute atomic E-state index is 12.7. The number of carboxylic acid groups (broad SMARTS) is 1. The van der Waals surface area contributed by atoms with E-state index in [1.165, 1.54) is 13.8 Å². The number of carbonyl (C=O) groups excluding carboxylic acids is 1. The molecule has 0 aliphatic carbocycles. The third-order valence-electron chi connectivity index (χ3n) is 5.21. The number of rotatable bonds is 6. The van der Waals surface area contributed by atoms with Crippen LogP contribution in [0.15, 0.2) is 30.3 Å². The highest BCUT2D eigenvalue weighted by Crippen LogP contribution is 2.48. The van der Waals surface area contributed by atoms with Gasteiger partial charge >= 0.3 is 5.97 Å². The van der Waals surface area contributed by atoms with E-state index in [1.54, 1.807) is 0 Å². The molecule has 0 bridgehead atoms. The summed E-state index contributed by atoms with van der Waals surface area (Å²) in [7, 11) is -3.75. The van der Waals surface area contributed by atoms with E-state index in [0.29, 0.717) is 6.54 Å². The minimum absolute atomic E-state index is 0.231. The topological polar surface area (TPSA) is 104 Å². The second-order valence-corrected chi connectivity index (χ2v) is 9.70. The molecule has 1 aromatic rings. The van der Waals surface area contributed by atoms with Crippen LogP contribution in [0.5, 0.6) is 0 Å². The van der Waals surface area contributed by atoms with Crippen molar-refractivity contribution in [1.82, 2.24) is 10.2 Å². The average molecular weight is 366 g/mol. The van der Waals surface area contributed by atoms with Crippen LogP contribution in [0, 0.1) is 5.92 Å². The molecule has 1 amide bonds. The van der Waals surface area contributed by atoms with Crippen molar-refractivity contribution in [1.29, 1.82) is 0 Å². The van der Waals surface area contributed by atoms with Crippen LogP contribution in [-0.2, 0) is 25.8 Å². The Labute approximate surface area is 146 Å². The number of aliphatic carboxylic acids is 1. The smallest absolute Gasteiger partial charge is 0.328 e. The first-order chi connectivity index (χ1) is 11.7. The van der Waals surface area contributed by atoms with Gasteiger partial charge in [-0.25, -0.2) is 13.2 Å². The molecule has 3 atom stereocenters. The number of β-lactam (4-membered cyclic amide) rings is 1. The second-order valence-electron chi connectivity index (χ2n) is 7.07. The molecule has 2 N–H and O–H groups in total. The van der Waals surface area contributed by atoms with Crippen LogP contribution in [0.25, 0.3) is 0 Å². The SMILES string of the molecule is CC1(C)[C@H](C(=O)O)N2C(=O)[C@H](CNCCc3ccccc3)[C@H]2S1(=O)=O. The molecule has 8 heteroatoms. The van der Waals surface area contributed by atoms with Gasteiger partial charge in [-0.05, 0) is 32.4 Å². The number of hydrogen-bond acceptors (Lipinski definition) is 5. The van der Waals surface area contributed by atoms with Gasteiger partial charge in [0.25, 0.3) is 0 Å². The van der Waals surface area contributed by atoms with Gasteiger partial charge in [0.1, 0.15) is 11.4 Å². The van der Waals surface area contributed by atoms with E-state index in [9.17, 15) is 23.1 Å². The normalized spacial score (nSPS) is 29.1. The first-order valence-electron chi connectivity index (χ1n) is 8.22. The van der Waals surface area contributed by atoms with Crippen LogP contribution in [-0.4, -0.2) is 59.6 Å². The van der Waals surface area contributed by atoms with Gasteiger partial charge in [0, 0.05) is 6.54 Å². The molecule has 2 heterocycles. The lowest BCUT2D eigenvalue weighted by atomic mass is 9.91. The molecule has 0 saturated carbocycles. The van der Waals surface area contributed by atoms with Gasteiger partial charge in [0.15, 0.2) is 9.84 Å². The number of sulfone groups is 1. The number of hydrogen-bond donors (Lipinski definition) is 2. The highest BCUT2D eigenvalue weighted by molar-refractivity contribution is 7.93. The maximum Gasteiger partial charge on any atom is 0.328 e. The summed E-state index contributed by atoms with van der Waals surface area (Å²) in [6, 6.07) is 8.50. The van der Waals surface area contributed by atoms with E-state index >= 15 is 0 Å². The van der Waals surface area contributed by atoms with Gasteiger partial charge in [-0.1, -0.05) is 30.3 Å². The number of amides is 1. The molecule has 3 rings (SSSR count). The minimum atomic E-state index is -3.75. The van der Waals surface area contributed by atoms with E-state index in [1.807, 2.05) is 30.3 Å². The predicted molar refractivity (Wildman–Crippen MR) is 91.6 cm³/mol. The van der Waals surface area contributed by atoms with Crippen LogP contribution in [0.1, 0.15) is 19.4 Å². The molecular weight excluding hydrogens is 344 g/mol. The van der Waals surface area contributed by atoms with Crippen LogP contribution >= 0.6 is 0 Å². The van der Waals surface area contributed by atoms with E-state index in [0.717, 1.165) is 16.9 Å². The Morgan fingerprint density at radius 1 is 1.28 bits per heavy atom. The summed E-state index contributed by atoms with van der Waals surface area (Å²) in [6.45, 7) is 3.61. The third kappa shape index (κ3) is 2.64. The Hall–Kier alpha value is -1.93. The van der Waals surface area contributed by atoms with Crippen molar-refractivity contribution in [2.45, 2.75) is 36.4 Å². The van der Waals surface area contributed by atoms with Crippen molar-refractivity contribution in [3.8, 4) is 0 Å². The molecule has 136 valence electrons. The standard InChI is InChI=1S/C17H22N2O5S/c1-17(2)13(16(21)22)19-14(20)12(15(19)25(17,23)24)10-18-9-8-11-6-4-3-5-7-11/h3-7,12-13,15,18H,8-10H2,1-2H3,(H,21,22)/t12-,13-,15+/m0/s1. The molecule has 1 aromatic carbocycles. The number of carboxylic acids is 1. The third-order valence-corrected chi connectivity index (χ3v) is 8.09. The Bertz CT molecular complexity index is 791. The molecule has 2 fully saturated rings. The van der Waals surface area contributed by atoms with Crippen LogP contribution in [0.3, 0.4) is 0 Å². The summed E-state index contributed by atoms with van der Waals surface area (Å²) >= 11 is 0. The zero-order valence-corrected chi connectivity index (χ0v) is 15.0. The summed E-state index contributed by atoms with van der Waals surface area (Å²) < 4.78 is 23.9. The van der Waals surface area contributed by atoms with Crippen molar-refractivity contribution in [3.05, 3.63) is 35.9 Å². The first-order valence-corrected chi connectivity index (χ1v) is 9.77. The molecule has 2 aliphatic heterocycles. The average Bonchev–Trinajstić information content (AvgIpc) is 2.69. The molecule has 7 nitrogen and oxygen atoms in total. The van der Waals surface area contributed by atoms with Gasteiger partial charge in [-0.15, -0.1) is 0 Å². The van der Waals surface area contributed by atoms with Crippen LogP contribution in [0.2, 0.25) is 0 Å². The van der Waals surface area contributed by atoms with Gasteiger partial charge in [0.2, 0.25) is 5.91 Å². The molecule has 0 radical (unpaired) electrons. The monoisotopic (exact) mass is 366 g/mol. The fourth-order valence-corrected chi connectivity index (χ4v) is 6.05. The van der Waals surface area contributed by atoms with Gasteiger partial charge in [0.05, 0.1) is 10.7 Å². The molecule has 0 aromatic heterocycles. The van der Waals surface area contributed by atoms with Gasteiger partial charge in [-0.3, -0.25) is 4.79 Å². The van der Waals surface area contributed by atoms with Crippen molar-refractivity contribution >= 4 is 21.7 Å². The lowest BCUT2D eigenvalue weighted by Gasteiger charge is -2.42. The van der Waals surface area contributed by atoms with Crippen molar-refractivity contribution in [2.24, 2.45) is 5.92 Å². The summed E-state index contributed by atoms with van der Waals surface area (Å²) in [5.41, 5.74) is 1.15. The molecular formula is C17H22N2O5S. The molecule has 0 unspecified atom stereocenters. The zero-order chi connectivity index (χ0) is 18.4. The van der Waals surface area contributed by atoms with Crippen molar-refractivity contribution < 1.29 is 23.1 Å². The quantitative estimate of drug-likeness (QED) is 0.553. The van der Waals surface area contributed by atoms with E-state index < -0.39 is 43.8 Å². The lowest BCUT2D eigenvalue weighted by molar-refractivity contribution is -0.163. The van der Waals surface area contributed by atoms with E-state index in [-0.39, 0.29) is 6.54 Å². The summed E-state index contributed by atoms with van der Waals surface area (Å²) in [4.78, 5) is 24.9. The first kappa shape index (κ1) is 17.9. The molecule has 25 heavy (non-hydrogen) atoms. The fraction of sp³-hybridized carbons (Fsp3) is 0.529. The number of nitrogens with zero attached hydrogens (tertiary/aromatic N) is 1. The Morgan fingerprint density at radius 2 is 1.92 bits per heavy atom. The predicted octanol–water partition coefficient (Wildman–Crippen LogP) is 0.263. The lowest BCUT2D eigenvalue weighted by Crippen LogP contribution is -2.65. The Balaban J connectivity index is 1.66. The Kier molecular flexibility index (Phi) is 4.36. The minimum Gasteiger partial charge on any atom is -0.480 e. The van der Waals surface area contributed by atoms with Crippen molar-refractivity contribution in [3.63, 3.8) is 0 Å². The van der Waals surface area contributed by atoms with E-state index in [4.69, 9.17) is 0 Å². The maximum atomic E-state index is 12.7. The summed E-state index contributed by atoms with van der Waals surface area (Å²) in [6.07, 6.45) is 0.770. The summed E-state index contributed by atoms with van der Waals surface area (Å²) in [5.74, 6) is -2.40. The highest BCUT2D eigenvalue weighted by atomic mass is 32.2. The van der Waals surface area contributed by atoms with E-state index in [2.05, 4.69) is 5.32 Å². The molecule has 2 saturated heterocycles. The zero-order valence-electron chi connectivity index (χ0n) is 14.2. The molecule has 2 aliphatic rings. The Morgan fingerprint density at radius 3 is 2.52 bits per heavy atom. The number of carbonyl (C=O) groups is 2. The largest absolute Gasteiger partial charge is 0.480 e. The van der Waals surface area contributed by atoms with Crippen LogP contribution < -0.4 is 5.32 Å². The fourth-order valence-electron chi connectivity index (χ4n) is 3.73. The number of benzene rings is 1. The summed E-state index contributed by atoms with van der Waals surface area (Å²) in [5, 5.41) is 11.5. The second kappa shape index (κ2) is 6.10. The molecule has 0 spiro atoms. The van der Waals surface area contributed by atoms with Crippen molar-refractivity contribution in [2.75, 3.05) is 13.1 Å². The van der Waals surface area contributed by atoms with Gasteiger partial charge in [-0.2, -0.15) is 0 Å². The van der Waals surface area contributed by atoms with Gasteiger partial charge < -0.3 is 15.3 Å². The highest BCUT2D eigenvalue weighted by Gasteiger charge is 2.71.